The first-order valence-corrected chi connectivity index (χ1v) is 14.8. The molecule has 0 bridgehead atoms. The average molecular weight is 510 g/mol. The van der Waals surface area contributed by atoms with Gasteiger partial charge < -0.3 is 9.84 Å². The molecule has 0 aromatic heterocycles. The molecule has 188 valence electrons. The van der Waals surface area contributed by atoms with Crippen molar-refractivity contribution in [1.29, 1.82) is 0 Å². The van der Waals surface area contributed by atoms with Gasteiger partial charge in [0.1, 0.15) is 0 Å². The lowest BCUT2D eigenvalue weighted by molar-refractivity contribution is 0.0723. The van der Waals surface area contributed by atoms with Gasteiger partial charge in [0.15, 0.2) is 9.84 Å². The van der Waals surface area contributed by atoms with E-state index >= 15 is 0 Å². The van der Waals surface area contributed by atoms with Gasteiger partial charge in [-0.3, -0.25) is 4.31 Å². The van der Waals surface area contributed by atoms with Crippen molar-refractivity contribution in [2.45, 2.75) is 56.4 Å². The molecule has 9 heteroatoms. The van der Waals surface area contributed by atoms with Gasteiger partial charge in [-0.05, 0) is 72.6 Å². The molecule has 0 amide bonds. The van der Waals surface area contributed by atoms with E-state index in [4.69, 9.17) is 4.74 Å². The Labute approximate surface area is 203 Å². The number of aliphatic hydroxyl groups excluding tert-OH is 1. The number of benzene rings is 2. The lowest BCUT2D eigenvalue weighted by Gasteiger charge is -2.27. The molecule has 3 rings (SSSR count). The highest BCUT2D eigenvalue weighted by molar-refractivity contribution is 7.93. The second kappa shape index (κ2) is 11.2. The molecule has 1 N–H and O–H groups in total. The van der Waals surface area contributed by atoms with Crippen molar-refractivity contribution < 1.29 is 26.7 Å². The van der Waals surface area contributed by atoms with Crippen LogP contribution in [0.2, 0.25) is 0 Å². The molecule has 1 heterocycles. The summed E-state index contributed by atoms with van der Waals surface area (Å²) in [7, 11) is -7.67. The van der Waals surface area contributed by atoms with Gasteiger partial charge in [-0.15, -0.1) is 0 Å². The summed E-state index contributed by atoms with van der Waals surface area (Å²) in [5.41, 5.74) is 1.75. The van der Waals surface area contributed by atoms with E-state index in [0.717, 1.165) is 12.0 Å². The van der Waals surface area contributed by atoms with E-state index in [1.807, 2.05) is 32.9 Å². The second-order valence-electron chi connectivity index (χ2n) is 9.21. The van der Waals surface area contributed by atoms with E-state index in [1.54, 1.807) is 12.1 Å². The number of ether oxygens (including phenoxy) is 1. The fraction of sp³-hybridized carbons (Fsp3) is 0.520. The van der Waals surface area contributed by atoms with Crippen LogP contribution in [0.1, 0.15) is 44.7 Å². The standard InChI is InChI=1S/C25H35NO6S2/c1-4-20-5-7-23(8-6-20)26(16-19(2)3)34(30,31)24-9-10-25(22(15-24)17-27)33(28,29)18-21-11-13-32-14-12-21/h5-10,15,19,21,27H,4,11-14,16-18H2,1-3H3. The van der Waals surface area contributed by atoms with Crippen LogP contribution >= 0.6 is 0 Å². The number of anilines is 1. The molecule has 1 aliphatic heterocycles. The fourth-order valence-electron chi connectivity index (χ4n) is 4.16. The lowest BCUT2D eigenvalue weighted by atomic mass is 10.0. The first-order valence-electron chi connectivity index (χ1n) is 11.7. The molecule has 34 heavy (non-hydrogen) atoms. The number of rotatable bonds is 10. The van der Waals surface area contributed by atoms with Crippen LogP contribution in [0.4, 0.5) is 5.69 Å². The average Bonchev–Trinajstić information content (AvgIpc) is 2.82. The van der Waals surface area contributed by atoms with Crippen LogP contribution in [0.15, 0.2) is 52.3 Å². The predicted octanol–water partition coefficient (Wildman–Crippen LogP) is 3.79. The van der Waals surface area contributed by atoms with Crippen LogP contribution in [0.3, 0.4) is 0 Å². The van der Waals surface area contributed by atoms with Gasteiger partial charge in [-0.25, -0.2) is 16.8 Å². The number of hydrogen-bond acceptors (Lipinski definition) is 6. The fourth-order valence-corrected chi connectivity index (χ4v) is 7.77. The Kier molecular flexibility index (Phi) is 8.78. The molecule has 0 aliphatic carbocycles. The zero-order valence-electron chi connectivity index (χ0n) is 20.1. The number of nitrogens with zero attached hydrogens (tertiary/aromatic N) is 1. The van der Waals surface area contributed by atoms with E-state index in [0.29, 0.717) is 31.7 Å². The van der Waals surface area contributed by atoms with Crippen molar-refractivity contribution in [2.75, 3.05) is 29.8 Å². The summed E-state index contributed by atoms with van der Waals surface area (Å²) in [6, 6.07) is 11.3. The largest absolute Gasteiger partial charge is 0.392 e. The highest BCUT2D eigenvalue weighted by Gasteiger charge is 2.29. The third kappa shape index (κ3) is 6.19. The maximum atomic E-state index is 13.6. The molecule has 0 radical (unpaired) electrons. The van der Waals surface area contributed by atoms with Gasteiger partial charge in [0.2, 0.25) is 0 Å². The SMILES string of the molecule is CCc1ccc(N(CC(C)C)S(=O)(=O)c2ccc(S(=O)(=O)CC3CCOCC3)c(CO)c2)cc1. The van der Waals surface area contributed by atoms with Gasteiger partial charge >= 0.3 is 0 Å². The smallest absolute Gasteiger partial charge is 0.264 e. The Morgan fingerprint density at radius 2 is 1.68 bits per heavy atom. The van der Waals surface area contributed by atoms with Gasteiger partial charge in [-0.1, -0.05) is 32.9 Å². The quantitative estimate of drug-likeness (QED) is 0.523. The molecule has 0 atom stereocenters. The van der Waals surface area contributed by atoms with Crippen molar-refractivity contribution in [3.63, 3.8) is 0 Å². The van der Waals surface area contributed by atoms with Gasteiger partial charge in [0, 0.05) is 19.8 Å². The zero-order valence-corrected chi connectivity index (χ0v) is 21.7. The topological polar surface area (TPSA) is 101 Å². The van der Waals surface area contributed by atoms with Gasteiger partial charge in [0.05, 0.1) is 27.8 Å². The highest BCUT2D eigenvalue weighted by atomic mass is 32.2. The Morgan fingerprint density at radius 1 is 1.03 bits per heavy atom. The Bertz CT molecular complexity index is 1170. The van der Waals surface area contributed by atoms with Gasteiger partial charge in [0.25, 0.3) is 10.0 Å². The van der Waals surface area contributed by atoms with Crippen LogP contribution in [-0.4, -0.2) is 47.5 Å². The normalized spacial score (nSPS) is 15.6. The zero-order chi connectivity index (χ0) is 24.9. The summed E-state index contributed by atoms with van der Waals surface area (Å²) in [5, 5.41) is 9.94. The number of sulfonamides is 1. The number of hydrogen-bond donors (Lipinski definition) is 1. The van der Waals surface area contributed by atoms with Crippen LogP contribution in [0.25, 0.3) is 0 Å². The minimum Gasteiger partial charge on any atom is -0.392 e. The van der Waals surface area contributed by atoms with Crippen molar-refractivity contribution in [2.24, 2.45) is 11.8 Å². The molecule has 1 saturated heterocycles. The molecule has 0 saturated carbocycles. The molecular formula is C25H35NO6S2. The Morgan fingerprint density at radius 3 is 2.24 bits per heavy atom. The van der Waals surface area contributed by atoms with Crippen LogP contribution in [0, 0.1) is 11.8 Å². The summed E-state index contributed by atoms with van der Waals surface area (Å²) in [4.78, 5) is -0.0510. The number of aliphatic hydroxyl groups is 1. The van der Waals surface area contributed by atoms with Crippen LogP contribution in [-0.2, 0) is 37.6 Å². The van der Waals surface area contributed by atoms with Crippen LogP contribution < -0.4 is 4.31 Å². The molecule has 1 fully saturated rings. The molecule has 7 nitrogen and oxygen atoms in total. The summed E-state index contributed by atoms with van der Waals surface area (Å²) < 4.78 is 60.1. The van der Waals surface area contributed by atoms with Gasteiger partial charge in [-0.2, -0.15) is 0 Å². The maximum Gasteiger partial charge on any atom is 0.264 e. The van der Waals surface area contributed by atoms with E-state index in [1.165, 1.54) is 22.5 Å². The number of sulfone groups is 1. The summed E-state index contributed by atoms with van der Waals surface area (Å²) >= 11 is 0. The molecule has 1 aliphatic rings. The van der Waals surface area contributed by atoms with Crippen molar-refractivity contribution in [3.8, 4) is 0 Å². The molecule has 2 aromatic rings. The van der Waals surface area contributed by atoms with Crippen molar-refractivity contribution in [1.82, 2.24) is 0 Å². The lowest BCUT2D eigenvalue weighted by Crippen LogP contribution is -2.34. The summed E-state index contributed by atoms with van der Waals surface area (Å²) in [6.45, 7) is 6.69. The first-order chi connectivity index (χ1) is 16.1. The van der Waals surface area contributed by atoms with E-state index in [-0.39, 0.29) is 39.5 Å². The first kappa shape index (κ1) is 26.7. The second-order valence-corrected chi connectivity index (χ2v) is 13.1. The van der Waals surface area contributed by atoms with Crippen molar-refractivity contribution >= 4 is 25.5 Å². The monoisotopic (exact) mass is 509 g/mol. The van der Waals surface area contributed by atoms with Crippen molar-refractivity contribution in [3.05, 3.63) is 53.6 Å². The number of aryl methyl sites for hydroxylation is 1. The third-order valence-electron chi connectivity index (χ3n) is 6.08. The molecule has 0 unspecified atom stereocenters. The van der Waals surface area contributed by atoms with E-state index < -0.39 is 26.5 Å². The molecule has 0 spiro atoms. The summed E-state index contributed by atoms with van der Waals surface area (Å²) in [6.07, 6.45) is 2.18. The molecular weight excluding hydrogens is 474 g/mol. The molecule has 2 aromatic carbocycles. The maximum absolute atomic E-state index is 13.6. The van der Waals surface area contributed by atoms with E-state index in [9.17, 15) is 21.9 Å². The van der Waals surface area contributed by atoms with E-state index in [2.05, 4.69) is 0 Å². The minimum absolute atomic E-state index is 0.0110. The Hall–Kier alpha value is -1.94. The minimum atomic E-state index is -3.98. The van der Waals surface area contributed by atoms with Crippen LogP contribution in [0.5, 0.6) is 0 Å². The predicted molar refractivity (Wildman–Crippen MR) is 133 cm³/mol. The third-order valence-corrected chi connectivity index (χ3v) is 9.85. The highest BCUT2D eigenvalue weighted by Crippen LogP contribution is 2.30. The Balaban J connectivity index is 1.97. The summed E-state index contributed by atoms with van der Waals surface area (Å²) in [5.74, 6) is 0.0111.